The van der Waals surface area contributed by atoms with Gasteiger partial charge in [0.1, 0.15) is 24.7 Å². The third kappa shape index (κ3) is 5.94. The zero-order chi connectivity index (χ0) is 18.9. The fraction of sp³-hybridized carbons (Fsp3) is 0.300. The molecule has 0 radical (unpaired) electrons. The van der Waals surface area contributed by atoms with Crippen LogP contribution in [0.5, 0.6) is 11.5 Å². The second-order valence-electron chi connectivity index (χ2n) is 5.89. The van der Waals surface area contributed by atoms with Gasteiger partial charge in [-0.2, -0.15) is 0 Å². The highest BCUT2D eigenvalue weighted by molar-refractivity contribution is 7.80. The molecule has 0 unspecified atom stereocenters. The Morgan fingerprint density at radius 1 is 0.963 bits per heavy atom. The number of nitrogens with zero attached hydrogens (tertiary/aromatic N) is 1. The summed E-state index contributed by atoms with van der Waals surface area (Å²) in [7, 11) is 0. The quantitative estimate of drug-likeness (QED) is 0.608. The van der Waals surface area contributed by atoms with Crippen LogP contribution in [-0.4, -0.2) is 55.4 Å². The van der Waals surface area contributed by atoms with Crippen molar-refractivity contribution < 1.29 is 19.0 Å². The van der Waals surface area contributed by atoms with Gasteiger partial charge in [0.2, 0.25) is 0 Å². The molecule has 1 aliphatic heterocycles. The van der Waals surface area contributed by atoms with E-state index in [2.05, 4.69) is 5.32 Å². The van der Waals surface area contributed by atoms with Crippen LogP contribution in [0.15, 0.2) is 54.6 Å². The molecule has 0 spiro atoms. The van der Waals surface area contributed by atoms with Gasteiger partial charge in [-0.05, 0) is 48.6 Å². The number of carbonyl (C=O) groups is 1. The van der Waals surface area contributed by atoms with Crippen LogP contribution in [0.1, 0.15) is 10.4 Å². The number of carbonyl (C=O) groups excluding carboxylic acids is 1. The van der Waals surface area contributed by atoms with E-state index in [4.69, 9.17) is 26.4 Å². The van der Waals surface area contributed by atoms with Gasteiger partial charge in [-0.15, -0.1) is 0 Å². The fourth-order valence-corrected chi connectivity index (χ4v) is 2.83. The molecule has 27 heavy (non-hydrogen) atoms. The fourth-order valence-electron chi connectivity index (χ4n) is 2.55. The van der Waals surface area contributed by atoms with Gasteiger partial charge in [0.05, 0.1) is 13.2 Å². The molecule has 6 nitrogen and oxygen atoms in total. The van der Waals surface area contributed by atoms with Crippen molar-refractivity contribution in [3.63, 3.8) is 0 Å². The van der Waals surface area contributed by atoms with Crippen molar-refractivity contribution in [1.29, 1.82) is 0 Å². The molecule has 0 saturated carbocycles. The van der Waals surface area contributed by atoms with Crippen LogP contribution in [0.2, 0.25) is 0 Å². The van der Waals surface area contributed by atoms with E-state index in [1.54, 1.807) is 24.3 Å². The van der Waals surface area contributed by atoms with Gasteiger partial charge >= 0.3 is 0 Å². The van der Waals surface area contributed by atoms with Crippen LogP contribution in [-0.2, 0) is 4.74 Å². The molecule has 1 heterocycles. The molecule has 0 aliphatic carbocycles. The van der Waals surface area contributed by atoms with Crippen molar-refractivity contribution in [3.8, 4) is 11.5 Å². The maximum Gasteiger partial charge on any atom is 0.257 e. The number of rotatable bonds is 6. The summed E-state index contributed by atoms with van der Waals surface area (Å²) in [6, 6.07) is 16.5. The molecule has 2 aromatic rings. The van der Waals surface area contributed by atoms with Crippen LogP contribution >= 0.6 is 12.2 Å². The summed E-state index contributed by atoms with van der Waals surface area (Å²) in [5.41, 5.74) is 0.526. The van der Waals surface area contributed by atoms with Gasteiger partial charge in [-0.3, -0.25) is 10.1 Å². The summed E-state index contributed by atoms with van der Waals surface area (Å²) in [6.07, 6.45) is 0. The number of morpholine rings is 1. The number of amides is 1. The zero-order valence-corrected chi connectivity index (χ0v) is 15.7. The molecule has 142 valence electrons. The number of ether oxygens (including phenoxy) is 3. The highest BCUT2D eigenvalue weighted by atomic mass is 32.1. The Bertz CT molecular complexity index is 746. The van der Waals surface area contributed by atoms with E-state index in [0.29, 0.717) is 55.9 Å². The lowest BCUT2D eigenvalue weighted by atomic mass is 10.2. The Morgan fingerprint density at radius 3 is 2.19 bits per heavy atom. The monoisotopic (exact) mass is 386 g/mol. The smallest absolute Gasteiger partial charge is 0.257 e. The van der Waals surface area contributed by atoms with Gasteiger partial charge in [0.25, 0.3) is 5.91 Å². The van der Waals surface area contributed by atoms with Gasteiger partial charge in [-0.25, -0.2) is 0 Å². The predicted molar refractivity (Wildman–Crippen MR) is 106 cm³/mol. The Labute approximate surface area is 164 Å². The molecule has 1 aliphatic rings. The summed E-state index contributed by atoms with van der Waals surface area (Å²) in [6.45, 7) is 3.49. The van der Waals surface area contributed by atoms with Crippen LogP contribution in [0.4, 0.5) is 0 Å². The average molecular weight is 386 g/mol. The molecule has 1 fully saturated rings. The first-order valence-electron chi connectivity index (χ1n) is 8.81. The first kappa shape index (κ1) is 19.1. The maximum absolute atomic E-state index is 12.3. The summed E-state index contributed by atoms with van der Waals surface area (Å²) in [4.78, 5) is 14.2. The van der Waals surface area contributed by atoms with E-state index >= 15 is 0 Å². The molecule has 0 bridgehead atoms. The van der Waals surface area contributed by atoms with Crippen molar-refractivity contribution in [2.45, 2.75) is 0 Å². The van der Waals surface area contributed by atoms with Crippen LogP contribution in [0, 0.1) is 0 Å². The molecular formula is C20H22N2O4S. The molecule has 1 saturated heterocycles. The van der Waals surface area contributed by atoms with E-state index in [0.717, 1.165) is 5.75 Å². The summed E-state index contributed by atoms with van der Waals surface area (Å²) in [5.74, 6) is 1.26. The third-order valence-corrected chi connectivity index (χ3v) is 4.36. The van der Waals surface area contributed by atoms with E-state index < -0.39 is 0 Å². The maximum atomic E-state index is 12.3. The van der Waals surface area contributed by atoms with E-state index in [1.165, 1.54) is 0 Å². The third-order valence-electron chi connectivity index (χ3n) is 4.00. The largest absolute Gasteiger partial charge is 0.490 e. The minimum absolute atomic E-state index is 0.231. The Hall–Kier alpha value is -2.64. The van der Waals surface area contributed by atoms with Crippen LogP contribution < -0.4 is 14.8 Å². The van der Waals surface area contributed by atoms with E-state index in [1.807, 2.05) is 35.2 Å². The lowest BCUT2D eigenvalue weighted by molar-refractivity contribution is 0.0669. The molecule has 7 heteroatoms. The number of thiocarbonyl (C=S) groups is 1. The second kappa shape index (κ2) is 9.89. The summed E-state index contributed by atoms with van der Waals surface area (Å²) in [5, 5.41) is 3.19. The molecule has 0 atom stereocenters. The molecule has 3 rings (SSSR count). The van der Waals surface area contributed by atoms with Crippen LogP contribution in [0.25, 0.3) is 0 Å². The first-order chi connectivity index (χ1) is 13.2. The van der Waals surface area contributed by atoms with E-state index in [-0.39, 0.29) is 5.91 Å². The predicted octanol–water partition coefficient (Wildman–Crippen LogP) is 2.49. The van der Waals surface area contributed by atoms with Crippen molar-refractivity contribution in [2.24, 2.45) is 0 Å². The molecule has 1 amide bonds. The highest BCUT2D eigenvalue weighted by Crippen LogP contribution is 2.13. The van der Waals surface area contributed by atoms with Crippen molar-refractivity contribution in [1.82, 2.24) is 10.2 Å². The number of benzene rings is 2. The average Bonchev–Trinajstić information content (AvgIpc) is 2.73. The van der Waals surface area contributed by atoms with Crippen molar-refractivity contribution in [2.75, 3.05) is 39.5 Å². The number of hydrogen-bond acceptors (Lipinski definition) is 5. The lowest BCUT2D eigenvalue weighted by Gasteiger charge is -2.28. The van der Waals surface area contributed by atoms with Gasteiger partial charge in [0.15, 0.2) is 5.11 Å². The first-order valence-corrected chi connectivity index (χ1v) is 9.22. The molecule has 0 aromatic heterocycles. The molecular weight excluding hydrogens is 364 g/mol. The Balaban J connectivity index is 1.42. The minimum atomic E-state index is -0.231. The molecule has 2 aromatic carbocycles. The standard InChI is InChI=1S/C20H22N2O4S/c23-19(21-20(27)22-10-12-24-13-11-22)16-6-8-18(9-7-16)26-15-14-25-17-4-2-1-3-5-17/h1-9H,10-15H2,(H,21,23,27). The Kier molecular flexibility index (Phi) is 7.01. The normalized spacial score (nSPS) is 13.7. The van der Waals surface area contributed by atoms with Crippen LogP contribution in [0.3, 0.4) is 0 Å². The minimum Gasteiger partial charge on any atom is -0.490 e. The van der Waals surface area contributed by atoms with Crippen molar-refractivity contribution in [3.05, 3.63) is 60.2 Å². The second-order valence-corrected chi connectivity index (χ2v) is 6.28. The van der Waals surface area contributed by atoms with Gasteiger partial charge in [-0.1, -0.05) is 18.2 Å². The highest BCUT2D eigenvalue weighted by Gasteiger charge is 2.16. The van der Waals surface area contributed by atoms with Crippen molar-refractivity contribution >= 4 is 23.2 Å². The number of nitrogens with one attached hydrogen (secondary N) is 1. The molecule has 1 N–H and O–H groups in total. The Morgan fingerprint density at radius 2 is 1.56 bits per heavy atom. The SMILES string of the molecule is O=C(NC(=S)N1CCOCC1)c1ccc(OCCOc2ccccc2)cc1. The van der Waals surface area contributed by atoms with Gasteiger partial charge in [0, 0.05) is 18.7 Å². The topological polar surface area (TPSA) is 60.0 Å². The lowest BCUT2D eigenvalue weighted by Crippen LogP contribution is -2.47. The summed E-state index contributed by atoms with van der Waals surface area (Å²) < 4.78 is 16.5. The number of para-hydroxylation sites is 1. The van der Waals surface area contributed by atoms with E-state index in [9.17, 15) is 4.79 Å². The summed E-state index contributed by atoms with van der Waals surface area (Å²) >= 11 is 5.29. The number of hydrogen-bond donors (Lipinski definition) is 1. The zero-order valence-electron chi connectivity index (χ0n) is 14.9. The van der Waals surface area contributed by atoms with Gasteiger partial charge < -0.3 is 19.1 Å².